The second-order valence-corrected chi connectivity index (χ2v) is 6.51. The molecule has 0 unspecified atom stereocenters. The van der Waals surface area contributed by atoms with Crippen molar-refractivity contribution in [2.45, 2.75) is 13.3 Å². The molecule has 0 radical (unpaired) electrons. The average molecular weight is 342 g/mol. The molecular formula is C17H14N2O6. The summed E-state index contributed by atoms with van der Waals surface area (Å²) in [6.45, 7) is 1.13. The van der Waals surface area contributed by atoms with Gasteiger partial charge in [-0.25, -0.2) is 4.90 Å². The number of fused-ring (bicyclic) bond motifs is 5. The van der Waals surface area contributed by atoms with Gasteiger partial charge in [0.15, 0.2) is 0 Å². The number of hydrogen-bond acceptors (Lipinski definition) is 6. The minimum atomic E-state index is -0.709. The number of nitro groups is 1. The summed E-state index contributed by atoms with van der Waals surface area (Å²) in [7, 11) is 0. The molecule has 2 aliphatic carbocycles. The van der Waals surface area contributed by atoms with Gasteiger partial charge in [0.05, 0.1) is 22.4 Å². The number of allylic oxidation sites excluding steroid dienone is 2. The summed E-state index contributed by atoms with van der Waals surface area (Å²) < 4.78 is 4.82. The number of ether oxygens (including phenoxy) is 1. The van der Waals surface area contributed by atoms with E-state index in [1.165, 1.54) is 12.1 Å². The highest BCUT2D eigenvalue weighted by Crippen LogP contribution is 2.53. The van der Waals surface area contributed by atoms with Gasteiger partial charge in [-0.2, -0.15) is 0 Å². The summed E-state index contributed by atoms with van der Waals surface area (Å²) in [5.41, 5.74) is -0.335. The number of esters is 1. The zero-order chi connectivity index (χ0) is 17.9. The third kappa shape index (κ3) is 2.17. The summed E-state index contributed by atoms with van der Waals surface area (Å²) >= 11 is 0. The van der Waals surface area contributed by atoms with Gasteiger partial charge in [-0.15, -0.1) is 0 Å². The molecule has 2 fully saturated rings. The molecule has 0 aromatic heterocycles. The predicted molar refractivity (Wildman–Crippen MR) is 84.6 cm³/mol. The van der Waals surface area contributed by atoms with Crippen LogP contribution in [0.3, 0.4) is 0 Å². The number of benzene rings is 1. The monoisotopic (exact) mass is 342 g/mol. The Bertz CT molecular complexity index is 831. The Labute approximate surface area is 142 Å². The van der Waals surface area contributed by atoms with Crippen LogP contribution in [0.15, 0.2) is 30.4 Å². The molecule has 25 heavy (non-hydrogen) atoms. The topological polar surface area (TPSA) is 107 Å². The first-order chi connectivity index (χ1) is 11.9. The summed E-state index contributed by atoms with van der Waals surface area (Å²) in [5, 5.41) is 11.3. The second kappa shape index (κ2) is 5.23. The highest BCUT2D eigenvalue weighted by Gasteiger charge is 2.59. The number of amides is 2. The number of carbonyl (C=O) groups excluding carboxylic acids is 3. The Morgan fingerprint density at radius 3 is 2.32 bits per heavy atom. The maximum Gasteiger partial charge on any atom is 0.313 e. The molecule has 4 rings (SSSR count). The van der Waals surface area contributed by atoms with Crippen LogP contribution in [-0.4, -0.2) is 22.7 Å². The summed E-state index contributed by atoms with van der Waals surface area (Å²) in [4.78, 5) is 48.2. The van der Waals surface area contributed by atoms with E-state index >= 15 is 0 Å². The van der Waals surface area contributed by atoms with Gasteiger partial charge in [0.1, 0.15) is 0 Å². The molecule has 1 aromatic carbocycles. The van der Waals surface area contributed by atoms with Gasteiger partial charge in [0.25, 0.3) is 0 Å². The molecule has 1 aromatic rings. The number of nitrogens with zero attached hydrogens (tertiary/aromatic N) is 2. The normalized spacial score (nSPS) is 29.2. The third-order valence-corrected chi connectivity index (χ3v) is 5.12. The van der Waals surface area contributed by atoms with E-state index < -0.39 is 16.6 Å². The first-order valence-corrected chi connectivity index (χ1v) is 7.91. The summed E-state index contributed by atoms with van der Waals surface area (Å²) in [6.07, 6.45) is 4.77. The lowest BCUT2D eigenvalue weighted by atomic mass is 9.85. The van der Waals surface area contributed by atoms with E-state index in [2.05, 4.69) is 0 Å². The third-order valence-electron chi connectivity index (χ3n) is 5.12. The minimum absolute atomic E-state index is 0.0618. The summed E-state index contributed by atoms with van der Waals surface area (Å²) in [6, 6.07) is 3.72. The Hall–Kier alpha value is -3.03. The fraction of sp³-hybridized carbons (Fsp3) is 0.353. The number of carbonyl (C=O) groups is 3. The van der Waals surface area contributed by atoms with Gasteiger partial charge in [0, 0.05) is 13.0 Å². The number of hydrogen-bond donors (Lipinski definition) is 0. The Morgan fingerprint density at radius 1 is 1.20 bits per heavy atom. The first-order valence-electron chi connectivity index (χ1n) is 7.91. The van der Waals surface area contributed by atoms with Crippen molar-refractivity contribution >= 4 is 29.2 Å². The standard InChI is InChI=1S/C17H14N2O6/c1-8(20)25-13-5-4-11(7-12(13)19(23)24)18-16(21)14-9-2-3-10(6-9)15(14)17(18)22/h2-5,7,9-10,14-15H,6H2,1H3/t9-,10+,14+,15-. The van der Waals surface area contributed by atoms with Crippen LogP contribution in [0, 0.1) is 33.8 Å². The molecule has 1 heterocycles. The number of rotatable bonds is 3. The lowest BCUT2D eigenvalue weighted by Crippen LogP contribution is -2.32. The highest BCUT2D eigenvalue weighted by molar-refractivity contribution is 6.23. The smallest absolute Gasteiger partial charge is 0.313 e. The molecular weight excluding hydrogens is 328 g/mol. The molecule has 1 saturated heterocycles. The molecule has 0 N–H and O–H groups in total. The van der Waals surface area contributed by atoms with E-state index in [1.54, 1.807) is 0 Å². The van der Waals surface area contributed by atoms with Crippen LogP contribution in [0.4, 0.5) is 11.4 Å². The van der Waals surface area contributed by atoms with Crippen LogP contribution in [0.2, 0.25) is 0 Å². The van der Waals surface area contributed by atoms with Crippen LogP contribution < -0.4 is 9.64 Å². The maximum absolute atomic E-state index is 12.7. The molecule has 1 aliphatic heterocycles. The fourth-order valence-corrected chi connectivity index (χ4v) is 4.19. The largest absolute Gasteiger partial charge is 0.419 e. The van der Waals surface area contributed by atoms with E-state index in [0.29, 0.717) is 0 Å². The predicted octanol–water partition coefficient (Wildman–Crippen LogP) is 1.83. The molecule has 128 valence electrons. The number of nitro benzene ring substituents is 1. The molecule has 8 heteroatoms. The molecule has 4 atom stereocenters. The second-order valence-electron chi connectivity index (χ2n) is 6.51. The van der Waals surface area contributed by atoms with Crippen LogP contribution >= 0.6 is 0 Å². The van der Waals surface area contributed by atoms with Crippen molar-refractivity contribution in [1.82, 2.24) is 0 Å². The van der Waals surface area contributed by atoms with Gasteiger partial charge in [-0.1, -0.05) is 12.2 Å². The first kappa shape index (κ1) is 15.5. The van der Waals surface area contributed by atoms with Gasteiger partial charge < -0.3 is 4.74 Å². The molecule has 0 spiro atoms. The quantitative estimate of drug-likeness (QED) is 0.207. The van der Waals surface area contributed by atoms with Crippen LogP contribution in [0.1, 0.15) is 13.3 Å². The molecule has 2 bridgehead atoms. The van der Waals surface area contributed by atoms with Crippen molar-refractivity contribution in [3.63, 3.8) is 0 Å². The number of imide groups is 1. The SMILES string of the molecule is CC(=O)Oc1ccc(N2C(=O)[C@@H]3[C@H](C2=O)[C@H]2C=C[C@@H]3C2)cc1[N+](=O)[O-]. The van der Waals surface area contributed by atoms with E-state index in [4.69, 9.17) is 4.74 Å². The lowest BCUT2D eigenvalue weighted by molar-refractivity contribution is -0.385. The van der Waals surface area contributed by atoms with Gasteiger partial charge in [-0.05, 0) is 30.4 Å². The van der Waals surface area contributed by atoms with Crippen molar-refractivity contribution in [3.05, 3.63) is 40.5 Å². The van der Waals surface area contributed by atoms with E-state index in [1.807, 2.05) is 12.2 Å². The molecule has 3 aliphatic rings. The molecule has 1 saturated carbocycles. The van der Waals surface area contributed by atoms with Gasteiger partial charge >= 0.3 is 11.7 Å². The van der Waals surface area contributed by atoms with Crippen LogP contribution in [-0.2, 0) is 14.4 Å². The van der Waals surface area contributed by atoms with E-state index in [0.717, 1.165) is 24.3 Å². The van der Waals surface area contributed by atoms with E-state index in [-0.39, 0.29) is 46.9 Å². The number of anilines is 1. The molecule has 8 nitrogen and oxygen atoms in total. The highest BCUT2D eigenvalue weighted by atomic mass is 16.6. The van der Waals surface area contributed by atoms with Crippen LogP contribution in [0.5, 0.6) is 5.75 Å². The molecule has 2 amide bonds. The lowest BCUT2D eigenvalue weighted by Gasteiger charge is -2.17. The minimum Gasteiger partial charge on any atom is -0.419 e. The zero-order valence-corrected chi connectivity index (χ0v) is 13.2. The van der Waals surface area contributed by atoms with E-state index in [9.17, 15) is 24.5 Å². The van der Waals surface area contributed by atoms with Crippen molar-refractivity contribution in [3.8, 4) is 5.75 Å². The summed E-state index contributed by atoms with van der Waals surface area (Å²) in [5.74, 6) is -2.19. The average Bonchev–Trinajstić information content (AvgIpc) is 3.21. The van der Waals surface area contributed by atoms with Gasteiger partial charge in [0.2, 0.25) is 17.6 Å². The van der Waals surface area contributed by atoms with Crippen molar-refractivity contribution in [2.24, 2.45) is 23.7 Å². The fourth-order valence-electron chi connectivity index (χ4n) is 4.19. The Morgan fingerprint density at radius 2 is 1.80 bits per heavy atom. The zero-order valence-electron chi connectivity index (χ0n) is 13.2. The van der Waals surface area contributed by atoms with Crippen molar-refractivity contribution in [1.29, 1.82) is 0 Å². The van der Waals surface area contributed by atoms with Crippen molar-refractivity contribution < 1.29 is 24.0 Å². The Kier molecular flexibility index (Phi) is 3.24. The van der Waals surface area contributed by atoms with Gasteiger partial charge in [-0.3, -0.25) is 24.5 Å². The maximum atomic E-state index is 12.7. The van der Waals surface area contributed by atoms with Crippen molar-refractivity contribution in [2.75, 3.05) is 4.90 Å². The van der Waals surface area contributed by atoms with Crippen LogP contribution in [0.25, 0.3) is 0 Å². The Balaban J connectivity index is 1.72.